The number of halogens is 4. The van der Waals surface area contributed by atoms with Gasteiger partial charge in [-0.05, 0) is 47.6 Å². The summed E-state index contributed by atoms with van der Waals surface area (Å²) in [5, 5.41) is 2.39. The fourth-order valence-corrected chi connectivity index (χ4v) is 1.89. The molecule has 0 unspecified atom stereocenters. The van der Waals surface area contributed by atoms with Crippen molar-refractivity contribution in [1.29, 1.82) is 0 Å². The molecule has 0 aliphatic heterocycles. The zero-order chi connectivity index (χ0) is 15.6. The van der Waals surface area contributed by atoms with E-state index < -0.39 is 17.6 Å². The molecular formula is C14H10F4N2S. The van der Waals surface area contributed by atoms with Crippen LogP contribution in [0.3, 0.4) is 0 Å². The van der Waals surface area contributed by atoms with Gasteiger partial charge in [0, 0.05) is 0 Å². The van der Waals surface area contributed by atoms with Crippen molar-refractivity contribution < 1.29 is 17.6 Å². The molecule has 0 bridgehead atoms. The Labute approximate surface area is 123 Å². The van der Waals surface area contributed by atoms with Crippen LogP contribution in [0.15, 0.2) is 42.5 Å². The van der Waals surface area contributed by atoms with Crippen molar-refractivity contribution in [3.05, 3.63) is 53.8 Å². The molecule has 0 saturated heterocycles. The van der Waals surface area contributed by atoms with E-state index in [9.17, 15) is 17.6 Å². The highest BCUT2D eigenvalue weighted by Gasteiger charge is 2.29. The zero-order valence-electron chi connectivity index (χ0n) is 10.5. The van der Waals surface area contributed by atoms with Gasteiger partial charge in [-0.1, -0.05) is 18.2 Å². The molecule has 0 aromatic heterocycles. The summed E-state index contributed by atoms with van der Waals surface area (Å²) in [6, 6.07) is 8.66. The van der Waals surface area contributed by atoms with Gasteiger partial charge in [-0.25, -0.2) is 4.39 Å². The Morgan fingerprint density at radius 3 is 2.05 bits per heavy atom. The predicted molar refractivity (Wildman–Crippen MR) is 77.2 cm³/mol. The summed E-state index contributed by atoms with van der Waals surface area (Å²) in [7, 11) is 0. The number of hydrogen-bond acceptors (Lipinski definition) is 1. The fourth-order valence-electron chi connectivity index (χ4n) is 1.78. The van der Waals surface area contributed by atoms with E-state index in [0.29, 0.717) is 11.1 Å². The molecule has 3 N–H and O–H groups in total. The van der Waals surface area contributed by atoms with Crippen LogP contribution in [0.25, 0.3) is 11.1 Å². The highest BCUT2D eigenvalue weighted by molar-refractivity contribution is 7.80. The van der Waals surface area contributed by atoms with Gasteiger partial charge >= 0.3 is 6.18 Å². The molecular weight excluding hydrogens is 304 g/mol. The summed E-state index contributed by atoms with van der Waals surface area (Å²) in [4.78, 5) is 0. The second kappa shape index (κ2) is 5.69. The zero-order valence-corrected chi connectivity index (χ0v) is 11.4. The van der Waals surface area contributed by atoms with Gasteiger partial charge < -0.3 is 11.1 Å². The minimum Gasteiger partial charge on any atom is -0.376 e. The lowest BCUT2D eigenvalue weighted by Gasteiger charge is -2.09. The van der Waals surface area contributed by atoms with Crippen LogP contribution in [0.1, 0.15) is 5.56 Å². The molecule has 0 saturated carbocycles. The molecule has 0 aliphatic carbocycles. The number of benzene rings is 2. The van der Waals surface area contributed by atoms with Crippen molar-refractivity contribution in [3.8, 4) is 11.1 Å². The van der Waals surface area contributed by atoms with Crippen LogP contribution >= 0.6 is 12.2 Å². The topological polar surface area (TPSA) is 38.0 Å². The second-order valence-corrected chi connectivity index (χ2v) is 4.70. The lowest BCUT2D eigenvalue weighted by Crippen LogP contribution is -2.19. The molecule has 110 valence electrons. The van der Waals surface area contributed by atoms with E-state index in [-0.39, 0.29) is 10.8 Å². The first-order valence-corrected chi connectivity index (χ1v) is 6.22. The number of hydrogen-bond donors (Lipinski definition) is 2. The summed E-state index contributed by atoms with van der Waals surface area (Å²) < 4.78 is 51.2. The van der Waals surface area contributed by atoms with Gasteiger partial charge in [-0.15, -0.1) is 0 Å². The molecule has 2 aromatic rings. The molecule has 0 radical (unpaired) electrons. The van der Waals surface area contributed by atoms with Crippen LogP contribution in [0.5, 0.6) is 0 Å². The highest BCUT2D eigenvalue weighted by Crippen LogP contribution is 2.31. The first-order valence-electron chi connectivity index (χ1n) is 5.81. The summed E-state index contributed by atoms with van der Waals surface area (Å²) >= 11 is 4.61. The van der Waals surface area contributed by atoms with Crippen LogP contribution in [0.4, 0.5) is 23.2 Å². The lowest BCUT2D eigenvalue weighted by atomic mass is 10.0. The number of rotatable bonds is 2. The Kier molecular flexibility index (Phi) is 4.13. The summed E-state index contributed by atoms with van der Waals surface area (Å²) in [6.45, 7) is 0. The number of anilines is 1. The third-order valence-electron chi connectivity index (χ3n) is 2.77. The Morgan fingerprint density at radius 2 is 1.57 bits per heavy atom. The first kappa shape index (κ1) is 15.2. The Bertz CT molecular complexity index is 666. The fraction of sp³-hybridized carbons (Fsp3) is 0.0714. The normalized spacial score (nSPS) is 11.2. The SMILES string of the molecule is NC(=S)Nc1ccc(-c2ccc(C(F)(F)F)cc2)cc1F. The van der Waals surface area contributed by atoms with Gasteiger partial charge in [-0.2, -0.15) is 13.2 Å². The minimum atomic E-state index is -4.39. The maximum Gasteiger partial charge on any atom is 0.416 e. The van der Waals surface area contributed by atoms with E-state index in [1.807, 2.05) is 0 Å². The lowest BCUT2D eigenvalue weighted by molar-refractivity contribution is -0.137. The van der Waals surface area contributed by atoms with E-state index in [4.69, 9.17) is 5.73 Å². The minimum absolute atomic E-state index is 0.0730. The van der Waals surface area contributed by atoms with Crippen LogP contribution in [0.2, 0.25) is 0 Å². The number of nitrogens with two attached hydrogens (primary N) is 1. The van der Waals surface area contributed by atoms with E-state index in [0.717, 1.165) is 12.1 Å². The van der Waals surface area contributed by atoms with Crippen molar-refractivity contribution in [2.24, 2.45) is 5.73 Å². The molecule has 0 spiro atoms. The van der Waals surface area contributed by atoms with E-state index in [1.165, 1.54) is 24.3 Å². The largest absolute Gasteiger partial charge is 0.416 e. The van der Waals surface area contributed by atoms with Crippen molar-refractivity contribution in [1.82, 2.24) is 0 Å². The average molecular weight is 314 g/mol. The van der Waals surface area contributed by atoms with Crippen LogP contribution in [-0.4, -0.2) is 5.11 Å². The molecule has 0 amide bonds. The number of thiocarbonyl (C=S) groups is 1. The summed E-state index contributed by atoms with van der Waals surface area (Å²) in [6.07, 6.45) is -4.39. The average Bonchev–Trinajstić information content (AvgIpc) is 2.40. The highest BCUT2D eigenvalue weighted by atomic mass is 32.1. The van der Waals surface area contributed by atoms with Crippen molar-refractivity contribution in [2.45, 2.75) is 6.18 Å². The number of nitrogens with one attached hydrogen (secondary N) is 1. The second-order valence-electron chi connectivity index (χ2n) is 4.26. The van der Waals surface area contributed by atoms with Gasteiger partial charge in [0.15, 0.2) is 5.11 Å². The van der Waals surface area contributed by atoms with Gasteiger partial charge in [0.1, 0.15) is 5.82 Å². The molecule has 2 nitrogen and oxygen atoms in total. The molecule has 2 aromatic carbocycles. The molecule has 0 fully saturated rings. The van der Waals surface area contributed by atoms with Crippen LogP contribution in [-0.2, 0) is 6.18 Å². The van der Waals surface area contributed by atoms with Gasteiger partial charge in [0.25, 0.3) is 0 Å². The number of alkyl halides is 3. The summed E-state index contributed by atoms with van der Waals surface area (Å²) in [5.41, 5.74) is 5.53. The Balaban J connectivity index is 2.30. The predicted octanol–water partition coefficient (Wildman–Crippen LogP) is 4.17. The third kappa shape index (κ3) is 3.69. The Morgan fingerprint density at radius 1 is 1.00 bits per heavy atom. The van der Waals surface area contributed by atoms with Crippen molar-refractivity contribution >= 4 is 23.0 Å². The van der Waals surface area contributed by atoms with Gasteiger partial charge in [0.05, 0.1) is 11.3 Å². The van der Waals surface area contributed by atoms with Crippen molar-refractivity contribution in [2.75, 3.05) is 5.32 Å². The maximum atomic E-state index is 13.8. The van der Waals surface area contributed by atoms with E-state index in [1.54, 1.807) is 6.07 Å². The molecule has 0 aliphatic rings. The monoisotopic (exact) mass is 314 g/mol. The summed E-state index contributed by atoms with van der Waals surface area (Å²) in [5.74, 6) is -0.597. The molecule has 2 rings (SSSR count). The van der Waals surface area contributed by atoms with E-state index >= 15 is 0 Å². The quantitative estimate of drug-likeness (QED) is 0.645. The van der Waals surface area contributed by atoms with Crippen LogP contribution < -0.4 is 11.1 Å². The van der Waals surface area contributed by atoms with Crippen LogP contribution in [0, 0.1) is 5.82 Å². The van der Waals surface area contributed by atoms with Gasteiger partial charge in [0.2, 0.25) is 0 Å². The third-order valence-corrected chi connectivity index (χ3v) is 2.87. The molecule has 7 heteroatoms. The molecule has 0 heterocycles. The van der Waals surface area contributed by atoms with Gasteiger partial charge in [-0.3, -0.25) is 0 Å². The molecule has 21 heavy (non-hydrogen) atoms. The standard InChI is InChI=1S/C14H10F4N2S/c15-11-7-9(3-6-12(11)20-13(19)21)8-1-4-10(5-2-8)14(16,17)18/h1-7H,(H3,19,20,21). The van der Waals surface area contributed by atoms with E-state index in [2.05, 4.69) is 17.5 Å². The maximum absolute atomic E-state index is 13.8. The Hall–Kier alpha value is -2.15. The van der Waals surface area contributed by atoms with Crippen molar-refractivity contribution in [3.63, 3.8) is 0 Å². The molecule has 0 atom stereocenters. The smallest absolute Gasteiger partial charge is 0.376 e. The first-order chi connectivity index (χ1) is 9.77.